The minimum atomic E-state index is -3.75. The second kappa shape index (κ2) is 2.69. The molecule has 2 aromatic rings. The van der Waals surface area contributed by atoms with Gasteiger partial charge < -0.3 is 4.42 Å². The Morgan fingerprint density at radius 1 is 1.36 bits per heavy atom. The molecule has 0 radical (unpaired) electrons. The number of hydrogen-bond acceptors (Lipinski definition) is 4. The normalized spacial score (nSPS) is 12.1. The van der Waals surface area contributed by atoms with Crippen LogP contribution in [0, 0.1) is 0 Å². The number of fused-ring (bicyclic) bond motifs is 1. The van der Waals surface area contributed by atoms with Gasteiger partial charge in [0.2, 0.25) is 10.0 Å². The highest BCUT2D eigenvalue weighted by Gasteiger charge is 2.09. The van der Waals surface area contributed by atoms with E-state index in [0.717, 1.165) is 0 Å². The van der Waals surface area contributed by atoms with Gasteiger partial charge in [0, 0.05) is 0 Å². The van der Waals surface area contributed by atoms with Gasteiger partial charge in [0.05, 0.1) is 10.4 Å². The maximum absolute atomic E-state index is 10.9. The molecule has 0 aliphatic carbocycles. The van der Waals surface area contributed by atoms with Crippen molar-refractivity contribution >= 4 is 21.1 Å². The number of nitrogens with one attached hydrogen (secondary N) is 1. The van der Waals surface area contributed by atoms with Crippen LogP contribution in [0.2, 0.25) is 0 Å². The van der Waals surface area contributed by atoms with Crippen LogP contribution in [0.25, 0.3) is 11.1 Å². The third kappa shape index (κ3) is 1.42. The molecular formula is C7H6N2O4S. The Bertz CT molecular complexity index is 637. The molecule has 1 aromatic heterocycles. The van der Waals surface area contributed by atoms with Crippen LogP contribution in [-0.2, 0) is 10.0 Å². The van der Waals surface area contributed by atoms with E-state index in [4.69, 9.17) is 5.14 Å². The summed E-state index contributed by atoms with van der Waals surface area (Å²) in [6.45, 7) is 0. The second-order valence-electron chi connectivity index (χ2n) is 2.72. The van der Waals surface area contributed by atoms with Crippen LogP contribution >= 0.6 is 0 Å². The zero-order valence-electron chi connectivity index (χ0n) is 6.85. The Balaban J connectivity index is 2.80. The van der Waals surface area contributed by atoms with Crippen LogP contribution in [0.1, 0.15) is 0 Å². The highest BCUT2D eigenvalue weighted by molar-refractivity contribution is 7.89. The summed E-state index contributed by atoms with van der Waals surface area (Å²) in [7, 11) is -3.75. The maximum atomic E-state index is 10.9. The first-order chi connectivity index (χ1) is 6.47. The molecule has 1 aromatic carbocycles. The summed E-state index contributed by atoms with van der Waals surface area (Å²) in [5.41, 5.74) is 0.601. The van der Waals surface area contributed by atoms with E-state index in [-0.39, 0.29) is 4.90 Å². The lowest BCUT2D eigenvalue weighted by Gasteiger charge is -1.95. The topological polar surface area (TPSA) is 106 Å². The quantitative estimate of drug-likeness (QED) is 0.683. The first-order valence-corrected chi connectivity index (χ1v) is 5.17. The van der Waals surface area contributed by atoms with Gasteiger partial charge >= 0.3 is 5.76 Å². The van der Waals surface area contributed by atoms with Crippen molar-refractivity contribution in [3.8, 4) is 0 Å². The number of oxazole rings is 1. The Labute approximate surface area is 78.4 Å². The first-order valence-electron chi connectivity index (χ1n) is 3.62. The number of aromatic amines is 1. The lowest BCUT2D eigenvalue weighted by atomic mass is 10.3. The standard InChI is InChI=1S/C7H6N2O4S/c8-14(11,12)4-1-2-6-5(3-4)9-7(10)13-6/h1-3H,(H,9,10)(H2,8,11,12). The van der Waals surface area contributed by atoms with Crippen molar-refractivity contribution in [1.82, 2.24) is 4.98 Å². The van der Waals surface area contributed by atoms with Crippen LogP contribution in [0.3, 0.4) is 0 Å². The molecule has 0 unspecified atom stereocenters. The highest BCUT2D eigenvalue weighted by Crippen LogP contribution is 2.14. The van der Waals surface area contributed by atoms with Gasteiger partial charge in [0.1, 0.15) is 0 Å². The van der Waals surface area contributed by atoms with E-state index in [9.17, 15) is 13.2 Å². The molecule has 14 heavy (non-hydrogen) atoms. The number of rotatable bonds is 1. The summed E-state index contributed by atoms with van der Waals surface area (Å²) in [5, 5.41) is 4.90. The average Bonchev–Trinajstić information content (AvgIpc) is 2.41. The smallest absolute Gasteiger partial charge is 0.408 e. The predicted octanol–water partition coefficient (Wildman–Crippen LogP) is -0.231. The van der Waals surface area contributed by atoms with Gasteiger partial charge in [0.25, 0.3) is 0 Å². The molecule has 0 bridgehead atoms. The van der Waals surface area contributed by atoms with E-state index in [0.29, 0.717) is 11.1 Å². The fourth-order valence-electron chi connectivity index (χ4n) is 1.11. The van der Waals surface area contributed by atoms with Gasteiger partial charge in [-0.1, -0.05) is 0 Å². The van der Waals surface area contributed by atoms with Crippen molar-refractivity contribution in [2.75, 3.05) is 0 Å². The summed E-state index contributed by atoms with van der Waals surface area (Å²) in [6.07, 6.45) is 0. The van der Waals surface area contributed by atoms with Crippen LogP contribution in [-0.4, -0.2) is 13.4 Å². The first kappa shape index (κ1) is 8.97. The number of primary sulfonamides is 1. The van der Waals surface area contributed by atoms with Crippen LogP contribution < -0.4 is 10.9 Å². The van der Waals surface area contributed by atoms with E-state index in [1.807, 2.05) is 0 Å². The van der Waals surface area contributed by atoms with Gasteiger partial charge in [-0.15, -0.1) is 0 Å². The molecule has 0 aliphatic heterocycles. The van der Waals surface area contributed by atoms with E-state index in [2.05, 4.69) is 9.40 Å². The molecule has 0 saturated carbocycles. The minimum absolute atomic E-state index is 0.0675. The summed E-state index contributed by atoms with van der Waals surface area (Å²) in [5.74, 6) is -0.633. The van der Waals surface area contributed by atoms with E-state index in [1.54, 1.807) is 0 Å². The molecule has 3 N–H and O–H groups in total. The van der Waals surface area contributed by atoms with Gasteiger partial charge in [-0.3, -0.25) is 4.98 Å². The van der Waals surface area contributed by atoms with Crippen molar-refractivity contribution in [3.63, 3.8) is 0 Å². The molecule has 0 fully saturated rings. The van der Waals surface area contributed by atoms with Crippen LogP contribution in [0.15, 0.2) is 32.3 Å². The van der Waals surface area contributed by atoms with Crippen molar-refractivity contribution in [3.05, 3.63) is 28.7 Å². The number of aromatic nitrogens is 1. The fraction of sp³-hybridized carbons (Fsp3) is 0. The Hall–Kier alpha value is -1.60. The van der Waals surface area contributed by atoms with Crippen molar-refractivity contribution in [2.24, 2.45) is 5.14 Å². The number of nitrogens with two attached hydrogens (primary N) is 1. The Morgan fingerprint density at radius 3 is 2.71 bits per heavy atom. The number of benzene rings is 1. The average molecular weight is 214 g/mol. The zero-order valence-corrected chi connectivity index (χ0v) is 7.67. The molecule has 0 spiro atoms. The number of sulfonamides is 1. The summed E-state index contributed by atoms with van der Waals surface area (Å²) in [6, 6.07) is 3.89. The van der Waals surface area contributed by atoms with Gasteiger partial charge in [-0.05, 0) is 18.2 Å². The molecule has 0 amide bonds. The van der Waals surface area contributed by atoms with Crippen molar-refractivity contribution in [1.29, 1.82) is 0 Å². The largest absolute Gasteiger partial charge is 0.417 e. The van der Waals surface area contributed by atoms with E-state index >= 15 is 0 Å². The monoisotopic (exact) mass is 214 g/mol. The lowest BCUT2D eigenvalue weighted by molar-refractivity contribution is 0.555. The van der Waals surface area contributed by atoms with Gasteiger partial charge in [-0.2, -0.15) is 0 Å². The summed E-state index contributed by atoms with van der Waals surface area (Å²) < 4.78 is 26.6. The summed E-state index contributed by atoms with van der Waals surface area (Å²) >= 11 is 0. The van der Waals surface area contributed by atoms with Crippen molar-refractivity contribution in [2.45, 2.75) is 4.90 Å². The van der Waals surface area contributed by atoms with Gasteiger partial charge in [0.15, 0.2) is 5.58 Å². The molecule has 74 valence electrons. The molecule has 0 aliphatic rings. The van der Waals surface area contributed by atoms with Crippen molar-refractivity contribution < 1.29 is 12.8 Å². The highest BCUT2D eigenvalue weighted by atomic mass is 32.2. The fourth-order valence-corrected chi connectivity index (χ4v) is 1.65. The summed E-state index contributed by atoms with van der Waals surface area (Å²) in [4.78, 5) is 13.0. The molecule has 2 rings (SSSR count). The van der Waals surface area contributed by atoms with Gasteiger partial charge in [-0.25, -0.2) is 18.4 Å². The number of hydrogen-bond donors (Lipinski definition) is 2. The SMILES string of the molecule is NS(=O)(=O)c1ccc2oc(=O)[nH]c2c1. The van der Waals surface area contributed by atoms with E-state index in [1.165, 1.54) is 18.2 Å². The molecular weight excluding hydrogens is 208 g/mol. The molecule has 6 nitrogen and oxygen atoms in total. The molecule has 0 saturated heterocycles. The molecule has 7 heteroatoms. The third-order valence-electron chi connectivity index (χ3n) is 1.72. The maximum Gasteiger partial charge on any atom is 0.417 e. The second-order valence-corrected chi connectivity index (χ2v) is 4.28. The minimum Gasteiger partial charge on any atom is -0.408 e. The van der Waals surface area contributed by atoms with E-state index < -0.39 is 15.8 Å². The zero-order chi connectivity index (χ0) is 10.3. The molecule has 1 heterocycles. The molecule has 0 atom stereocenters. The Kier molecular flexibility index (Phi) is 1.73. The lowest BCUT2D eigenvalue weighted by Crippen LogP contribution is -2.11. The Morgan fingerprint density at radius 2 is 2.07 bits per heavy atom. The van der Waals surface area contributed by atoms with Crippen LogP contribution in [0.4, 0.5) is 0 Å². The van der Waals surface area contributed by atoms with Crippen LogP contribution in [0.5, 0.6) is 0 Å². The third-order valence-corrected chi connectivity index (χ3v) is 2.63. The number of H-pyrrole nitrogens is 1. The predicted molar refractivity (Wildman–Crippen MR) is 48.2 cm³/mol.